The molecule has 5 atom stereocenters. The number of carbonyl (C=O) groups is 3. The van der Waals surface area contributed by atoms with Gasteiger partial charge in [-0.15, -0.1) is 0 Å². The average Bonchev–Trinajstić information content (AvgIpc) is 3.23. The highest BCUT2D eigenvalue weighted by Gasteiger charge is 2.46. The predicted octanol–water partition coefficient (Wildman–Crippen LogP) is 4.30. The molecule has 2 fully saturated rings. The van der Waals surface area contributed by atoms with Gasteiger partial charge in [-0.2, -0.15) is 0 Å². The molecule has 194 valence electrons. The van der Waals surface area contributed by atoms with Crippen LogP contribution < -0.4 is 10.6 Å². The molecule has 3 aliphatic rings. The Kier molecular flexibility index (Phi) is 7.73. The van der Waals surface area contributed by atoms with Crippen molar-refractivity contribution in [1.82, 2.24) is 15.5 Å². The molecule has 2 aliphatic heterocycles. The Balaban J connectivity index is 1.54. The number of benzene rings is 1. The molecule has 2 heterocycles. The van der Waals surface area contributed by atoms with Crippen LogP contribution in [0.4, 0.5) is 4.79 Å². The second-order valence-electron chi connectivity index (χ2n) is 11.0. The summed E-state index contributed by atoms with van der Waals surface area (Å²) in [5.41, 5.74) is 10.7. The summed E-state index contributed by atoms with van der Waals surface area (Å²) in [4.78, 5) is 44.4. The number of ether oxygens (including phenoxy) is 1. The highest BCUT2D eigenvalue weighted by atomic mass is 16.6. The fraction of sp³-hybridized carbons (Fsp3) is 0.654. The number of rotatable bonds is 4. The van der Waals surface area contributed by atoms with Crippen LogP contribution in [0.25, 0.3) is 10.4 Å². The maximum absolute atomic E-state index is 13.7. The second-order valence-corrected chi connectivity index (χ2v) is 11.0. The number of hydrogen-bond donors (Lipinski definition) is 2. The fourth-order valence-corrected chi connectivity index (χ4v) is 5.73. The van der Waals surface area contributed by atoms with Gasteiger partial charge in [0, 0.05) is 17.0 Å². The maximum atomic E-state index is 13.7. The first-order chi connectivity index (χ1) is 17.2. The number of aryl methyl sites for hydroxylation is 1. The molecule has 3 amide bonds. The van der Waals surface area contributed by atoms with Crippen LogP contribution in [0.1, 0.15) is 82.9 Å². The molecule has 10 heteroatoms. The Morgan fingerprint density at radius 3 is 2.61 bits per heavy atom. The molecule has 1 aromatic carbocycles. The van der Waals surface area contributed by atoms with Crippen LogP contribution in [-0.4, -0.2) is 52.6 Å². The van der Waals surface area contributed by atoms with Crippen LogP contribution in [0.15, 0.2) is 29.4 Å². The molecular formula is C26H36N6O4. The van der Waals surface area contributed by atoms with Gasteiger partial charge in [0.25, 0.3) is 0 Å². The summed E-state index contributed by atoms with van der Waals surface area (Å²) < 4.78 is 5.37. The molecule has 1 aromatic rings. The minimum absolute atomic E-state index is 0.0852. The van der Waals surface area contributed by atoms with Crippen molar-refractivity contribution in [2.45, 2.75) is 108 Å². The van der Waals surface area contributed by atoms with E-state index in [0.717, 1.165) is 24.8 Å². The van der Waals surface area contributed by atoms with Crippen LogP contribution in [0.5, 0.6) is 0 Å². The van der Waals surface area contributed by atoms with Gasteiger partial charge in [0.1, 0.15) is 17.7 Å². The molecule has 10 nitrogen and oxygen atoms in total. The molecule has 0 spiro atoms. The third-order valence-electron chi connectivity index (χ3n) is 7.28. The zero-order valence-electron chi connectivity index (χ0n) is 21.3. The van der Waals surface area contributed by atoms with Crippen molar-refractivity contribution < 1.29 is 19.1 Å². The predicted molar refractivity (Wildman–Crippen MR) is 134 cm³/mol. The second kappa shape index (κ2) is 10.8. The summed E-state index contributed by atoms with van der Waals surface area (Å²) >= 11 is 0. The first-order valence-corrected chi connectivity index (χ1v) is 12.9. The molecule has 1 unspecified atom stereocenters. The molecule has 0 radical (unpaired) electrons. The molecule has 2 N–H and O–H groups in total. The number of carbonyl (C=O) groups excluding carboxylic acids is 3. The number of alkyl carbamates (subject to hydrolysis) is 1. The van der Waals surface area contributed by atoms with Crippen molar-refractivity contribution in [2.75, 3.05) is 0 Å². The molecule has 0 bridgehead atoms. The van der Waals surface area contributed by atoms with Crippen molar-refractivity contribution in [3.63, 3.8) is 0 Å². The summed E-state index contributed by atoms with van der Waals surface area (Å²) in [5.74, 6) is -0.462. The Labute approximate surface area is 211 Å². The fourth-order valence-electron chi connectivity index (χ4n) is 5.73. The minimum Gasteiger partial charge on any atom is -0.444 e. The van der Waals surface area contributed by atoms with Crippen molar-refractivity contribution in [3.05, 3.63) is 45.8 Å². The Morgan fingerprint density at radius 2 is 1.86 bits per heavy atom. The highest BCUT2D eigenvalue weighted by Crippen LogP contribution is 2.34. The quantitative estimate of drug-likeness (QED) is 0.365. The van der Waals surface area contributed by atoms with E-state index in [1.54, 1.807) is 25.7 Å². The topological polar surface area (TPSA) is 136 Å². The minimum atomic E-state index is -0.858. The lowest BCUT2D eigenvalue weighted by Gasteiger charge is -2.37. The monoisotopic (exact) mass is 496 g/mol. The number of nitrogens with zero attached hydrogens (tertiary/aromatic N) is 4. The van der Waals surface area contributed by atoms with Crippen LogP contribution in [0.2, 0.25) is 0 Å². The smallest absolute Gasteiger partial charge is 0.408 e. The third-order valence-corrected chi connectivity index (χ3v) is 7.28. The highest BCUT2D eigenvalue weighted by molar-refractivity contribution is 5.92. The van der Waals surface area contributed by atoms with E-state index in [1.165, 1.54) is 5.56 Å². The molecule has 1 aliphatic carbocycles. The SMILES string of the molecule is CC(C)(C)OC(=O)N[C@H]1CC[C@@H](N=[N+]=[N-])C[C@H]2CC[C@@H](C(=O)NC3CCCc4ccccc43)N2C1=O. The normalized spacial score (nSPS) is 28.0. The first-order valence-electron chi connectivity index (χ1n) is 12.9. The Hall–Kier alpha value is -3.26. The van der Waals surface area contributed by atoms with E-state index in [-0.39, 0.29) is 29.9 Å². The Bertz CT molecular complexity index is 1050. The van der Waals surface area contributed by atoms with Gasteiger partial charge in [0.2, 0.25) is 11.8 Å². The van der Waals surface area contributed by atoms with Gasteiger partial charge >= 0.3 is 6.09 Å². The number of hydrogen-bond acceptors (Lipinski definition) is 5. The number of amides is 3. The van der Waals surface area contributed by atoms with E-state index in [4.69, 9.17) is 10.3 Å². The standard InChI is InChI=1S/C26H36N6O4/c1-26(2,3)36-25(35)29-21-13-11-17(30-31-27)15-18-12-14-22(32(18)24(21)34)23(33)28-20-10-6-8-16-7-4-5-9-19(16)20/h4-5,7,9,17-18,20-22H,6,8,10-15H2,1-3H3,(H,28,33)(H,29,35)/t17-,18-,20?,21+,22+/m1/s1. The summed E-state index contributed by atoms with van der Waals surface area (Å²) in [6.45, 7) is 5.26. The summed E-state index contributed by atoms with van der Waals surface area (Å²) in [6, 6.07) is 6.04. The lowest BCUT2D eigenvalue weighted by atomic mass is 9.87. The zero-order chi connectivity index (χ0) is 25.9. The van der Waals surface area contributed by atoms with Gasteiger partial charge in [-0.1, -0.05) is 29.4 Å². The van der Waals surface area contributed by atoms with E-state index < -0.39 is 23.8 Å². The lowest BCUT2D eigenvalue weighted by Crippen LogP contribution is -2.57. The van der Waals surface area contributed by atoms with Gasteiger partial charge in [-0.25, -0.2) is 4.79 Å². The molecular weight excluding hydrogens is 460 g/mol. The van der Waals surface area contributed by atoms with Crippen molar-refractivity contribution in [2.24, 2.45) is 5.11 Å². The molecule has 0 saturated carbocycles. The van der Waals surface area contributed by atoms with Crippen LogP contribution in [0, 0.1) is 0 Å². The molecule has 0 aromatic heterocycles. The summed E-state index contributed by atoms with van der Waals surface area (Å²) in [6.07, 6.45) is 4.61. The van der Waals surface area contributed by atoms with Gasteiger partial charge in [0.15, 0.2) is 0 Å². The van der Waals surface area contributed by atoms with Crippen molar-refractivity contribution >= 4 is 17.9 Å². The van der Waals surface area contributed by atoms with E-state index in [2.05, 4.69) is 32.8 Å². The van der Waals surface area contributed by atoms with Gasteiger partial charge in [0.05, 0.1) is 6.04 Å². The van der Waals surface area contributed by atoms with Crippen LogP contribution in [0.3, 0.4) is 0 Å². The van der Waals surface area contributed by atoms with E-state index in [0.29, 0.717) is 32.1 Å². The Morgan fingerprint density at radius 1 is 1.08 bits per heavy atom. The van der Waals surface area contributed by atoms with E-state index in [9.17, 15) is 14.4 Å². The van der Waals surface area contributed by atoms with Crippen molar-refractivity contribution in [1.29, 1.82) is 0 Å². The van der Waals surface area contributed by atoms with Crippen LogP contribution in [-0.2, 0) is 20.7 Å². The average molecular weight is 497 g/mol. The van der Waals surface area contributed by atoms with E-state index in [1.807, 2.05) is 12.1 Å². The number of fused-ring (bicyclic) bond motifs is 2. The van der Waals surface area contributed by atoms with E-state index >= 15 is 0 Å². The van der Waals surface area contributed by atoms with Gasteiger partial charge < -0.3 is 20.3 Å². The number of azide groups is 1. The third kappa shape index (κ3) is 5.93. The maximum Gasteiger partial charge on any atom is 0.408 e. The lowest BCUT2D eigenvalue weighted by molar-refractivity contribution is -0.143. The number of nitrogens with one attached hydrogen (secondary N) is 2. The van der Waals surface area contributed by atoms with Gasteiger partial charge in [-0.05, 0) is 88.8 Å². The molecule has 4 rings (SSSR count). The molecule has 2 saturated heterocycles. The van der Waals surface area contributed by atoms with Crippen LogP contribution >= 0.6 is 0 Å². The summed E-state index contributed by atoms with van der Waals surface area (Å²) in [5, 5.41) is 9.84. The van der Waals surface area contributed by atoms with Crippen molar-refractivity contribution in [3.8, 4) is 0 Å². The molecule has 36 heavy (non-hydrogen) atoms. The first kappa shape index (κ1) is 25.8. The largest absolute Gasteiger partial charge is 0.444 e. The summed E-state index contributed by atoms with van der Waals surface area (Å²) in [7, 11) is 0. The zero-order valence-corrected chi connectivity index (χ0v) is 21.3. The van der Waals surface area contributed by atoms with Gasteiger partial charge in [-0.3, -0.25) is 9.59 Å².